The van der Waals surface area contributed by atoms with Crippen LogP contribution in [0.4, 0.5) is 0 Å². The van der Waals surface area contributed by atoms with Crippen LogP contribution in [0, 0.1) is 12.8 Å². The van der Waals surface area contributed by atoms with Crippen molar-refractivity contribution in [1.82, 2.24) is 0 Å². The Kier molecular flexibility index (Phi) is 20.7. The van der Waals surface area contributed by atoms with E-state index in [-0.39, 0.29) is 0 Å². The Labute approximate surface area is 164 Å². The molecule has 0 heterocycles. The van der Waals surface area contributed by atoms with Crippen molar-refractivity contribution in [1.29, 1.82) is 0 Å². The van der Waals surface area contributed by atoms with Gasteiger partial charge in [-0.1, -0.05) is 102 Å². The van der Waals surface area contributed by atoms with Crippen molar-refractivity contribution in [2.24, 2.45) is 11.7 Å². The number of hydrogen-bond acceptors (Lipinski definition) is 1. The van der Waals surface area contributed by atoms with Gasteiger partial charge in [-0.05, 0) is 56.7 Å². The van der Waals surface area contributed by atoms with Gasteiger partial charge in [0, 0.05) is 0 Å². The van der Waals surface area contributed by atoms with Crippen LogP contribution in [-0.4, -0.2) is 6.54 Å². The van der Waals surface area contributed by atoms with E-state index in [0.717, 1.165) is 13.0 Å². The van der Waals surface area contributed by atoms with Gasteiger partial charge in [0.1, 0.15) is 0 Å². The highest BCUT2D eigenvalue weighted by Gasteiger charge is 2.10. The summed E-state index contributed by atoms with van der Waals surface area (Å²) in [5, 5.41) is 0. The van der Waals surface area contributed by atoms with Crippen LogP contribution in [-0.2, 0) is 0 Å². The minimum atomic E-state index is 0.648. The third-order valence-electron chi connectivity index (χ3n) is 3.74. The Morgan fingerprint density at radius 2 is 1.50 bits per heavy atom. The smallest absolute Gasteiger partial charge is 0.00771 e. The van der Waals surface area contributed by atoms with Gasteiger partial charge in [0.2, 0.25) is 0 Å². The lowest BCUT2D eigenvalue weighted by atomic mass is 9.89. The summed E-state index contributed by atoms with van der Waals surface area (Å²) in [6.07, 6.45) is 14.0. The van der Waals surface area contributed by atoms with Gasteiger partial charge in [-0.25, -0.2) is 0 Å². The summed E-state index contributed by atoms with van der Waals surface area (Å²) in [6, 6.07) is 8.67. The first-order chi connectivity index (χ1) is 12.5. The molecule has 0 saturated carbocycles. The minimum absolute atomic E-state index is 0.648. The first kappa shape index (κ1) is 26.9. The highest BCUT2D eigenvalue weighted by atomic mass is 14.5. The molecule has 0 aliphatic heterocycles. The van der Waals surface area contributed by atoms with E-state index in [9.17, 15) is 0 Å². The van der Waals surface area contributed by atoms with E-state index < -0.39 is 0 Å². The lowest BCUT2D eigenvalue weighted by Crippen LogP contribution is -2.07. The monoisotopic (exact) mass is 359 g/mol. The fourth-order valence-electron chi connectivity index (χ4n) is 2.53. The molecule has 1 nitrogen and oxygen atoms in total. The van der Waals surface area contributed by atoms with Crippen molar-refractivity contribution in [2.45, 2.75) is 87.0 Å². The van der Waals surface area contributed by atoms with Crippen molar-refractivity contribution in [3.05, 3.63) is 53.1 Å². The SMILES string of the molecule is C/C=C(/C=C/c1ccc(C)cc1)C(CCC)CCCN.CCC.CCC. The first-order valence-electron chi connectivity index (χ1n) is 10.6. The molecule has 0 amide bonds. The van der Waals surface area contributed by atoms with Gasteiger partial charge in [0.25, 0.3) is 0 Å². The Bertz CT molecular complexity index is 452. The predicted molar refractivity (Wildman–Crippen MR) is 123 cm³/mol. The number of rotatable bonds is 8. The van der Waals surface area contributed by atoms with E-state index >= 15 is 0 Å². The molecule has 0 radical (unpaired) electrons. The summed E-state index contributed by atoms with van der Waals surface area (Å²) in [4.78, 5) is 0. The fraction of sp³-hybridized carbons (Fsp3) is 0.600. The molecule has 1 aromatic rings. The summed E-state index contributed by atoms with van der Waals surface area (Å²) in [6.45, 7) is 15.8. The molecule has 0 fully saturated rings. The van der Waals surface area contributed by atoms with Crippen LogP contribution in [0.15, 0.2) is 42.0 Å². The van der Waals surface area contributed by atoms with E-state index in [2.05, 4.69) is 91.0 Å². The Morgan fingerprint density at radius 3 is 1.92 bits per heavy atom. The van der Waals surface area contributed by atoms with Crippen LogP contribution in [0.5, 0.6) is 0 Å². The van der Waals surface area contributed by atoms with Gasteiger partial charge in [0.05, 0.1) is 0 Å². The molecule has 0 aliphatic carbocycles. The maximum Gasteiger partial charge on any atom is -0.00771 e. The summed E-state index contributed by atoms with van der Waals surface area (Å²) in [5.74, 6) is 0.648. The van der Waals surface area contributed by atoms with Crippen LogP contribution in [0.1, 0.15) is 91.2 Å². The van der Waals surface area contributed by atoms with Crippen molar-refractivity contribution in [3.63, 3.8) is 0 Å². The molecule has 0 spiro atoms. The normalized spacial score (nSPS) is 12.1. The molecule has 1 aromatic carbocycles. The Balaban J connectivity index is 0. The molecule has 1 atom stereocenters. The molecule has 0 saturated heterocycles. The molecule has 2 N–H and O–H groups in total. The molecule has 0 aromatic heterocycles. The molecule has 1 rings (SSSR count). The van der Waals surface area contributed by atoms with Crippen molar-refractivity contribution in [2.75, 3.05) is 6.54 Å². The summed E-state index contributed by atoms with van der Waals surface area (Å²) in [5.41, 5.74) is 9.67. The van der Waals surface area contributed by atoms with E-state index in [1.54, 1.807) is 0 Å². The topological polar surface area (TPSA) is 26.0 Å². The lowest BCUT2D eigenvalue weighted by molar-refractivity contribution is 0.503. The van der Waals surface area contributed by atoms with E-state index in [0.29, 0.717) is 5.92 Å². The summed E-state index contributed by atoms with van der Waals surface area (Å²) in [7, 11) is 0. The van der Waals surface area contributed by atoms with Crippen LogP contribution in [0.2, 0.25) is 0 Å². The maximum absolute atomic E-state index is 5.66. The van der Waals surface area contributed by atoms with Crippen LogP contribution < -0.4 is 5.73 Å². The minimum Gasteiger partial charge on any atom is -0.330 e. The van der Waals surface area contributed by atoms with Gasteiger partial charge in [-0.2, -0.15) is 0 Å². The Morgan fingerprint density at radius 1 is 0.962 bits per heavy atom. The van der Waals surface area contributed by atoms with Crippen LogP contribution >= 0.6 is 0 Å². The maximum atomic E-state index is 5.66. The Hall–Kier alpha value is -1.34. The predicted octanol–water partition coefficient (Wildman–Crippen LogP) is 7.94. The first-order valence-corrected chi connectivity index (χ1v) is 10.6. The lowest BCUT2D eigenvalue weighted by Gasteiger charge is -2.17. The largest absolute Gasteiger partial charge is 0.330 e. The molecular formula is C25H45N. The van der Waals surface area contributed by atoms with Crippen molar-refractivity contribution < 1.29 is 0 Å². The zero-order valence-corrected chi connectivity index (χ0v) is 18.6. The second-order valence-electron chi connectivity index (χ2n) is 6.86. The molecule has 26 heavy (non-hydrogen) atoms. The highest BCUT2D eigenvalue weighted by molar-refractivity contribution is 5.53. The average Bonchev–Trinajstić information content (AvgIpc) is 2.63. The highest BCUT2D eigenvalue weighted by Crippen LogP contribution is 2.24. The van der Waals surface area contributed by atoms with Gasteiger partial charge in [0.15, 0.2) is 0 Å². The third-order valence-corrected chi connectivity index (χ3v) is 3.74. The molecule has 150 valence electrons. The van der Waals surface area contributed by atoms with E-state index in [1.807, 2.05) is 0 Å². The second kappa shape index (κ2) is 20.0. The molecule has 1 unspecified atom stereocenters. The quantitative estimate of drug-likeness (QED) is 0.468. The second-order valence-corrected chi connectivity index (χ2v) is 6.86. The van der Waals surface area contributed by atoms with Crippen molar-refractivity contribution in [3.8, 4) is 0 Å². The van der Waals surface area contributed by atoms with Crippen LogP contribution in [0.25, 0.3) is 6.08 Å². The number of benzene rings is 1. The fourth-order valence-corrected chi connectivity index (χ4v) is 2.53. The molecule has 0 aliphatic rings. The third kappa shape index (κ3) is 15.0. The van der Waals surface area contributed by atoms with Gasteiger partial charge in [-0.3, -0.25) is 0 Å². The number of allylic oxidation sites excluding steroid dienone is 3. The summed E-state index contributed by atoms with van der Waals surface area (Å²) >= 11 is 0. The number of aryl methyl sites for hydroxylation is 1. The van der Waals surface area contributed by atoms with Gasteiger partial charge in [-0.15, -0.1) is 0 Å². The average molecular weight is 360 g/mol. The van der Waals surface area contributed by atoms with Gasteiger partial charge >= 0.3 is 0 Å². The van der Waals surface area contributed by atoms with E-state index in [4.69, 9.17) is 5.73 Å². The zero-order chi connectivity index (χ0) is 20.2. The molecular weight excluding hydrogens is 314 g/mol. The standard InChI is InChI=1S/C19H29N.2C3H8/c1-4-7-19(8-6-15-20)18(5-2)14-13-17-11-9-16(3)10-12-17;2*1-3-2/h5,9-14,19H,4,6-8,15,20H2,1-3H3;2*3H2,1-2H3/b14-13+,18-5-;;. The van der Waals surface area contributed by atoms with Gasteiger partial charge < -0.3 is 5.73 Å². The van der Waals surface area contributed by atoms with Crippen LogP contribution in [0.3, 0.4) is 0 Å². The van der Waals surface area contributed by atoms with E-state index in [1.165, 1.54) is 48.8 Å². The number of nitrogens with two attached hydrogens (primary N) is 1. The zero-order valence-electron chi connectivity index (χ0n) is 18.6. The number of hydrogen-bond donors (Lipinski definition) is 1. The van der Waals surface area contributed by atoms with Crippen molar-refractivity contribution >= 4 is 6.08 Å². The molecule has 0 bridgehead atoms. The molecule has 1 heteroatoms. The summed E-state index contributed by atoms with van der Waals surface area (Å²) < 4.78 is 0.